The minimum absolute atomic E-state index is 0.290. The number of amides is 1. The molecule has 1 aromatic heterocycles. The third kappa shape index (κ3) is 5.65. The van der Waals surface area contributed by atoms with Gasteiger partial charge in [-0.1, -0.05) is 23.7 Å². The van der Waals surface area contributed by atoms with Crippen molar-refractivity contribution >= 4 is 42.0 Å². The lowest BCUT2D eigenvalue weighted by molar-refractivity contribution is -0.00933. The van der Waals surface area contributed by atoms with Crippen molar-refractivity contribution in [1.29, 1.82) is 0 Å². The van der Waals surface area contributed by atoms with E-state index in [1.807, 2.05) is 33.8 Å². The van der Waals surface area contributed by atoms with E-state index < -0.39 is 5.60 Å². The van der Waals surface area contributed by atoms with E-state index in [0.29, 0.717) is 43.2 Å². The summed E-state index contributed by atoms with van der Waals surface area (Å²) in [5.74, 6) is -0.290. The number of nitrogens with zero attached hydrogens (tertiary/aromatic N) is 2. The van der Waals surface area contributed by atoms with Gasteiger partial charge in [0.25, 0.3) is 0 Å². The number of piperidine rings is 1. The topological polar surface area (TPSA) is 67.5 Å². The number of benzene rings is 2. The number of aromatic amines is 1. The van der Waals surface area contributed by atoms with Gasteiger partial charge in [0, 0.05) is 34.5 Å². The Morgan fingerprint density at radius 3 is 2.54 bits per heavy atom. The summed E-state index contributed by atoms with van der Waals surface area (Å²) < 4.78 is 25.7. The Morgan fingerprint density at radius 1 is 1.26 bits per heavy atom. The molecule has 1 fully saturated rings. The summed E-state index contributed by atoms with van der Waals surface area (Å²) in [4.78, 5) is 14.3. The molecule has 1 aliphatic heterocycles. The van der Waals surface area contributed by atoms with Crippen LogP contribution in [0.5, 0.6) is 0 Å². The number of likely N-dealkylation sites (tertiary alicyclic amines) is 1. The number of ether oxygens (including phenoxy) is 2. The number of hydrogen-bond acceptors (Lipinski definition) is 4. The zero-order valence-corrected chi connectivity index (χ0v) is 21.3. The van der Waals surface area contributed by atoms with E-state index in [0.717, 1.165) is 22.0 Å². The monoisotopic (exact) mass is 497 g/mol. The van der Waals surface area contributed by atoms with Crippen LogP contribution >= 0.6 is 11.6 Å². The van der Waals surface area contributed by atoms with E-state index in [1.54, 1.807) is 23.1 Å². The third-order valence-electron chi connectivity index (χ3n) is 6.56. The number of hydrogen-bond donors (Lipinski definition) is 1. The molecule has 0 saturated carbocycles. The van der Waals surface area contributed by atoms with Crippen molar-refractivity contribution in [3.8, 4) is 0 Å². The number of rotatable bonds is 5. The lowest BCUT2D eigenvalue weighted by Crippen LogP contribution is -2.48. The van der Waals surface area contributed by atoms with E-state index in [-0.39, 0.29) is 23.4 Å². The number of carbonyl (C=O) groups is 1. The van der Waals surface area contributed by atoms with Crippen LogP contribution in [0.4, 0.5) is 9.18 Å². The van der Waals surface area contributed by atoms with Gasteiger partial charge in [0.2, 0.25) is 0 Å². The van der Waals surface area contributed by atoms with E-state index in [4.69, 9.17) is 28.9 Å². The summed E-state index contributed by atoms with van der Waals surface area (Å²) >= 11 is 6.34. The van der Waals surface area contributed by atoms with E-state index in [2.05, 4.69) is 10.2 Å². The maximum Gasteiger partial charge on any atom is 0.410 e. The summed E-state index contributed by atoms with van der Waals surface area (Å²) in [7, 11) is 6.00. The average Bonchev–Trinajstić information content (AvgIpc) is 3.17. The highest BCUT2D eigenvalue weighted by Crippen LogP contribution is 2.38. The van der Waals surface area contributed by atoms with Crippen LogP contribution in [0, 0.1) is 5.82 Å². The molecule has 1 atom stereocenters. The molecular weight excluding hydrogens is 468 g/mol. The Morgan fingerprint density at radius 2 is 1.91 bits per heavy atom. The second kappa shape index (κ2) is 9.82. The number of halogens is 2. The van der Waals surface area contributed by atoms with Gasteiger partial charge in [0.05, 0.1) is 18.2 Å². The minimum atomic E-state index is -0.556. The highest BCUT2D eigenvalue weighted by molar-refractivity contribution is 6.38. The van der Waals surface area contributed by atoms with Gasteiger partial charge < -0.3 is 14.4 Å². The van der Waals surface area contributed by atoms with Crippen molar-refractivity contribution in [3.05, 3.63) is 58.4 Å². The molecule has 184 valence electrons. The van der Waals surface area contributed by atoms with Crippen LogP contribution < -0.4 is 5.59 Å². The molecule has 3 aromatic rings. The number of H-pyrrole nitrogens is 1. The van der Waals surface area contributed by atoms with Gasteiger partial charge in [-0.25, -0.2) is 9.18 Å². The molecule has 4 rings (SSSR count). The summed E-state index contributed by atoms with van der Waals surface area (Å²) in [6.45, 7) is 8.93. The molecule has 0 unspecified atom stereocenters. The zero-order chi connectivity index (χ0) is 25.4. The Labute approximate surface area is 211 Å². The molecule has 1 saturated heterocycles. The fourth-order valence-corrected chi connectivity index (χ4v) is 4.80. The first-order chi connectivity index (χ1) is 16.5. The van der Waals surface area contributed by atoms with Gasteiger partial charge in [-0.2, -0.15) is 5.10 Å². The fourth-order valence-electron chi connectivity index (χ4n) is 4.57. The first-order valence-electron chi connectivity index (χ1n) is 11.8. The van der Waals surface area contributed by atoms with Gasteiger partial charge in [0.1, 0.15) is 19.3 Å². The van der Waals surface area contributed by atoms with E-state index >= 15 is 0 Å². The van der Waals surface area contributed by atoms with Gasteiger partial charge in [0.15, 0.2) is 0 Å². The quantitative estimate of drug-likeness (QED) is 0.492. The van der Waals surface area contributed by atoms with E-state index in [9.17, 15) is 9.18 Å². The standard InChI is InChI=1S/C26H30BClFN3O3/c1-16(20-13-18(28)14-21-22(20)30-31-23(21)27)34-15-26(17-5-7-19(29)8-6-17)9-11-32(12-10-26)24(33)35-25(2,3)4/h5-8,13-14,16H,9-12,15H2,1-4H3,(H,30,31)/t16-/m0/s1. The molecule has 2 aromatic carbocycles. The van der Waals surface area contributed by atoms with Crippen LogP contribution in [0.25, 0.3) is 10.9 Å². The second-order valence-corrected chi connectivity index (χ2v) is 10.7. The summed E-state index contributed by atoms with van der Waals surface area (Å²) in [6, 6.07) is 10.2. The number of nitrogens with one attached hydrogen (secondary N) is 1. The van der Waals surface area contributed by atoms with Crippen molar-refractivity contribution in [1.82, 2.24) is 15.1 Å². The highest BCUT2D eigenvalue weighted by Gasteiger charge is 2.39. The van der Waals surface area contributed by atoms with E-state index in [1.165, 1.54) is 12.1 Å². The molecule has 1 N–H and O–H groups in total. The van der Waals surface area contributed by atoms with Crippen molar-refractivity contribution in [2.45, 2.75) is 57.7 Å². The van der Waals surface area contributed by atoms with Crippen molar-refractivity contribution in [3.63, 3.8) is 0 Å². The van der Waals surface area contributed by atoms with Crippen molar-refractivity contribution < 1.29 is 18.7 Å². The molecular formula is C26H30BClFN3O3. The molecule has 0 spiro atoms. The first-order valence-corrected chi connectivity index (χ1v) is 12.1. The molecule has 1 aliphatic rings. The average molecular weight is 498 g/mol. The smallest absolute Gasteiger partial charge is 0.410 e. The normalized spacial score (nSPS) is 16.9. The summed E-state index contributed by atoms with van der Waals surface area (Å²) in [6.07, 6.45) is 0.674. The van der Waals surface area contributed by atoms with Gasteiger partial charge in [-0.05, 0) is 76.0 Å². The Balaban J connectivity index is 1.55. The Bertz CT molecular complexity index is 1200. The molecule has 9 heteroatoms. The SMILES string of the molecule is [B]c1[nH]nc2c([C@H](C)OCC3(c4ccc(F)cc4)CCN(C(=O)OC(C)(C)C)CC3)cc(Cl)cc12. The molecule has 6 nitrogen and oxygen atoms in total. The van der Waals surface area contributed by atoms with Crippen LogP contribution in [-0.4, -0.2) is 54.3 Å². The van der Waals surface area contributed by atoms with Gasteiger partial charge >= 0.3 is 6.09 Å². The third-order valence-corrected chi connectivity index (χ3v) is 6.78. The Hall–Kier alpha value is -2.58. The van der Waals surface area contributed by atoms with Crippen LogP contribution in [0.15, 0.2) is 36.4 Å². The summed E-state index contributed by atoms with van der Waals surface area (Å²) in [5.41, 5.74) is 2.04. The number of carbonyl (C=O) groups excluding carboxylic acids is 1. The minimum Gasteiger partial charge on any atom is -0.444 e. The zero-order valence-electron chi connectivity index (χ0n) is 20.5. The molecule has 2 radical (unpaired) electrons. The highest BCUT2D eigenvalue weighted by atomic mass is 35.5. The molecule has 1 amide bonds. The Kier molecular flexibility index (Phi) is 7.16. The van der Waals surface area contributed by atoms with Crippen LogP contribution in [0.3, 0.4) is 0 Å². The fraction of sp³-hybridized carbons (Fsp3) is 0.462. The predicted octanol–water partition coefficient (Wildman–Crippen LogP) is 5.20. The van der Waals surface area contributed by atoms with Crippen LogP contribution in [-0.2, 0) is 14.9 Å². The lowest BCUT2D eigenvalue weighted by atomic mass is 9.73. The maximum atomic E-state index is 13.7. The van der Waals surface area contributed by atoms with Crippen LogP contribution in [0.2, 0.25) is 5.02 Å². The lowest BCUT2D eigenvalue weighted by Gasteiger charge is -2.42. The number of aromatic nitrogens is 2. The maximum absolute atomic E-state index is 13.7. The first kappa shape index (κ1) is 25.5. The molecule has 2 heterocycles. The largest absolute Gasteiger partial charge is 0.444 e. The second-order valence-electron chi connectivity index (χ2n) is 10.2. The van der Waals surface area contributed by atoms with Crippen molar-refractivity contribution in [2.24, 2.45) is 0 Å². The molecule has 0 aliphatic carbocycles. The van der Waals surface area contributed by atoms with Crippen LogP contribution in [0.1, 0.15) is 57.8 Å². The van der Waals surface area contributed by atoms with Crippen molar-refractivity contribution in [2.75, 3.05) is 19.7 Å². The molecule has 0 bridgehead atoms. The van der Waals surface area contributed by atoms with Gasteiger partial charge in [-0.15, -0.1) is 0 Å². The number of fused-ring (bicyclic) bond motifs is 1. The van der Waals surface area contributed by atoms with Gasteiger partial charge in [-0.3, -0.25) is 5.10 Å². The predicted molar refractivity (Wildman–Crippen MR) is 136 cm³/mol. The summed E-state index contributed by atoms with van der Waals surface area (Å²) in [5, 5.41) is 8.44. The molecule has 35 heavy (non-hydrogen) atoms.